The largest absolute Gasteiger partial charge is 0.480 e. The average molecular weight is 301 g/mol. The molecule has 0 saturated carbocycles. The second-order valence-corrected chi connectivity index (χ2v) is 5.14. The van der Waals surface area contributed by atoms with Crippen molar-refractivity contribution in [2.45, 2.75) is 32.9 Å². The fraction of sp³-hybridized carbons (Fsp3) is 0.769. The van der Waals surface area contributed by atoms with Gasteiger partial charge in [-0.15, -0.1) is 0 Å². The van der Waals surface area contributed by atoms with Crippen molar-refractivity contribution in [3.05, 3.63) is 0 Å². The Kier molecular flexibility index (Phi) is 6.41. The fourth-order valence-electron chi connectivity index (χ4n) is 2.07. The molecule has 1 aliphatic heterocycles. The Hall–Kier alpha value is -1.83. The van der Waals surface area contributed by atoms with E-state index in [1.165, 1.54) is 9.80 Å². The van der Waals surface area contributed by atoms with Gasteiger partial charge < -0.3 is 25.0 Å². The number of likely N-dealkylation sites (N-methyl/N-ethyl adjacent to an activating group) is 1. The molecule has 1 heterocycles. The van der Waals surface area contributed by atoms with Gasteiger partial charge in [0, 0.05) is 19.1 Å². The first-order chi connectivity index (χ1) is 9.86. The quantitative estimate of drug-likeness (QED) is 0.729. The maximum absolute atomic E-state index is 12.4. The topological polar surface area (TPSA) is 99.2 Å². The minimum Gasteiger partial charge on any atom is -0.480 e. The number of hydrogen-bond donors (Lipinski definition) is 2. The van der Waals surface area contributed by atoms with Gasteiger partial charge in [0.25, 0.3) is 0 Å². The second-order valence-electron chi connectivity index (χ2n) is 5.14. The summed E-state index contributed by atoms with van der Waals surface area (Å²) < 4.78 is 5.10. The molecule has 21 heavy (non-hydrogen) atoms. The zero-order chi connectivity index (χ0) is 16.0. The lowest BCUT2D eigenvalue weighted by molar-refractivity contribution is -0.147. The average Bonchev–Trinajstić information content (AvgIpc) is 2.43. The maximum atomic E-state index is 12.4. The highest BCUT2D eigenvalue weighted by atomic mass is 16.5. The number of aliphatic carboxylic acids is 1. The summed E-state index contributed by atoms with van der Waals surface area (Å²) in [5, 5.41) is 11.8. The van der Waals surface area contributed by atoms with Gasteiger partial charge in [0.05, 0.1) is 13.2 Å². The Labute approximate surface area is 124 Å². The molecular weight excluding hydrogens is 278 g/mol. The van der Waals surface area contributed by atoms with Crippen molar-refractivity contribution in [2.75, 3.05) is 32.8 Å². The summed E-state index contributed by atoms with van der Waals surface area (Å²) in [6, 6.07) is -1.47. The molecule has 0 radical (unpaired) electrons. The van der Waals surface area contributed by atoms with E-state index in [1.807, 2.05) is 13.8 Å². The molecule has 1 rings (SSSR count). The monoisotopic (exact) mass is 301 g/mol. The molecule has 8 nitrogen and oxygen atoms in total. The first kappa shape index (κ1) is 17.2. The normalized spacial score (nSPS) is 18.5. The third kappa shape index (κ3) is 4.89. The standard InChI is InChI=1S/C13H23N3O5/c1-4-15(7-11(17)14-9(2)3)13(20)16-5-6-21-8-10(16)12(18)19/h9-10H,4-8H2,1-3H3,(H,14,17)(H,18,19). The van der Waals surface area contributed by atoms with E-state index in [0.717, 1.165) is 0 Å². The fourth-order valence-corrected chi connectivity index (χ4v) is 2.07. The van der Waals surface area contributed by atoms with E-state index in [4.69, 9.17) is 9.84 Å². The zero-order valence-corrected chi connectivity index (χ0v) is 12.7. The van der Waals surface area contributed by atoms with Crippen LogP contribution in [0, 0.1) is 0 Å². The molecule has 0 spiro atoms. The van der Waals surface area contributed by atoms with Crippen LogP contribution in [0.5, 0.6) is 0 Å². The van der Waals surface area contributed by atoms with Crippen molar-refractivity contribution in [3.63, 3.8) is 0 Å². The van der Waals surface area contributed by atoms with Gasteiger partial charge in [-0.3, -0.25) is 4.79 Å². The van der Waals surface area contributed by atoms with E-state index in [2.05, 4.69) is 5.32 Å². The number of ether oxygens (including phenoxy) is 1. The van der Waals surface area contributed by atoms with Crippen LogP contribution in [0.4, 0.5) is 4.79 Å². The van der Waals surface area contributed by atoms with Gasteiger partial charge in [0.1, 0.15) is 6.54 Å². The first-order valence-electron chi connectivity index (χ1n) is 7.02. The Balaban J connectivity index is 2.72. The van der Waals surface area contributed by atoms with Crippen LogP contribution in [0.3, 0.4) is 0 Å². The lowest BCUT2D eigenvalue weighted by Gasteiger charge is -2.36. The zero-order valence-electron chi connectivity index (χ0n) is 12.7. The Bertz CT molecular complexity index is 399. The van der Waals surface area contributed by atoms with Crippen LogP contribution >= 0.6 is 0 Å². The molecule has 3 amide bonds. The van der Waals surface area contributed by atoms with Crippen LogP contribution in [-0.2, 0) is 14.3 Å². The lowest BCUT2D eigenvalue weighted by Crippen LogP contribution is -2.57. The highest BCUT2D eigenvalue weighted by molar-refractivity contribution is 5.87. The second kappa shape index (κ2) is 7.82. The number of nitrogens with one attached hydrogen (secondary N) is 1. The van der Waals surface area contributed by atoms with Crippen LogP contribution < -0.4 is 5.32 Å². The molecule has 1 unspecified atom stereocenters. The molecule has 1 aliphatic rings. The van der Waals surface area contributed by atoms with Crippen LogP contribution in [0.1, 0.15) is 20.8 Å². The van der Waals surface area contributed by atoms with Gasteiger partial charge in [0.2, 0.25) is 5.91 Å². The summed E-state index contributed by atoms with van der Waals surface area (Å²) in [5.74, 6) is -1.37. The van der Waals surface area contributed by atoms with E-state index in [-0.39, 0.29) is 31.6 Å². The predicted molar refractivity (Wildman–Crippen MR) is 74.9 cm³/mol. The van der Waals surface area contributed by atoms with Crippen LogP contribution in [0.25, 0.3) is 0 Å². The van der Waals surface area contributed by atoms with E-state index in [0.29, 0.717) is 13.2 Å². The molecule has 2 N–H and O–H groups in total. The smallest absolute Gasteiger partial charge is 0.328 e. The van der Waals surface area contributed by atoms with Gasteiger partial charge in [-0.2, -0.15) is 0 Å². The molecule has 8 heteroatoms. The SMILES string of the molecule is CCN(CC(=O)NC(C)C)C(=O)N1CCOCC1C(=O)O. The molecule has 0 aromatic carbocycles. The molecule has 0 aromatic rings. The highest BCUT2D eigenvalue weighted by Crippen LogP contribution is 2.11. The van der Waals surface area contributed by atoms with Gasteiger partial charge in [0.15, 0.2) is 6.04 Å². The van der Waals surface area contributed by atoms with Crippen molar-refractivity contribution in [1.82, 2.24) is 15.1 Å². The van der Waals surface area contributed by atoms with Gasteiger partial charge in [-0.05, 0) is 20.8 Å². The van der Waals surface area contributed by atoms with Gasteiger partial charge >= 0.3 is 12.0 Å². The number of nitrogens with zero attached hydrogens (tertiary/aromatic N) is 2. The third-order valence-corrected chi connectivity index (χ3v) is 3.10. The Morgan fingerprint density at radius 2 is 2.10 bits per heavy atom. The number of hydrogen-bond acceptors (Lipinski definition) is 4. The van der Waals surface area contributed by atoms with Crippen LogP contribution in [0.15, 0.2) is 0 Å². The summed E-state index contributed by atoms with van der Waals surface area (Å²) in [6.45, 7) is 6.12. The van der Waals surface area contributed by atoms with Crippen LogP contribution in [0.2, 0.25) is 0 Å². The van der Waals surface area contributed by atoms with Gasteiger partial charge in [-0.1, -0.05) is 0 Å². The molecule has 120 valence electrons. The van der Waals surface area contributed by atoms with Crippen molar-refractivity contribution in [2.24, 2.45) is 0 Å². The molecule has 0 aromatic heterocycles. The molecular formula is C13H23N3O5. The van der Waals surface area contributed by atoms with E-state index >= 15 is 0 Å². The number of carboxylic acids is 1. The van der Waals surface area contributed by atoms with Crippen molar-refractivity contribution >= 4 is 17.9 Å². The summed E-state index contributed by atoms with van der Waals surface area (Å²) in [7, 11) is 0. The highest BCUT2D eigenvalue weighted by Gasteiger charge is 2.35. The number of amides is 3. The van der Waals surface area contributed by atoms with E-state index in [9.17, 15) is 14.4 Å². The maximum Gasteiger partial charge on any atom is 0.328 e. The van der Waals surface area contributed by atoms with Crippen molar-refractivity contribution in [1.29, 1.82) is 0 Å². The molecule has 0 bridgehead atoms. The molecule has 0 aliphatic carbocycles. The summed E-state index contributed by atoms with van der Waals surface area (Å²) >= 11 is 0. The molecule has 1 fully saturated rings. The Morgan fingerprint density at radius 3 is 2.62 bits per heavy atom. The number of rotatable bonds is 5. The minimum absolute atomic E-state index is 0.0125. The summed E-state index contributed by atoms with van der Waals surface area (Å²) in [4.78, 5) is 37.9. The summed E-state index contributed by atoms with van der Waals surface area (Å²) in [6.07, 6.45) is 0. The first-order valence-corrected chi connectivity index (χ1v) is 7.02. The molecule has 1 atom stereocenters. The Morgan fingerprint density at radius 1 is 1.43 bits per heavy atom. The molecule has 1 saturated heterocycles. The third-order valence-electron chi connectivity index (χ3n) is 3.10. The number of urea groups is 1. The number of carbonyl (C=O) groups excluding carboxylic acids is 2. The van der Waals surface area contributed by atoms with Crippen molar-refractivity contribution < 1.29 is 24.2 Å². The van der Waals surface area contributed by atoms with Gasteiger partial charge in [-0.25, -0.2) is 9.59 Å². The van der Waals surface area contributed by atoms with Crippen LogP contribution in [-0.4, -0.2) is 77.7 Å². The van der Waals surface area contributed by atoms with E-state index in [1.54, 1.807) is 6.92 Å². The minimum atomic E-state index is -1.11. The summed E-state index contributed by atoms with van der Waals surface area (Å²) in [5.41, 5.74) is 0. The predicted octanol–water partition coefficient (Wildman–Crippen LogP) is -0.262. The number of carboxylic acid groups (broad SMARTS) is 1. The van der Waals surface area contributed by atoms with E-state index < -0.39 is 18.0 Å². The van der Waals surface area contributed by atoms with Crippen molar-refractivity contribution in [3.8, 4) is 0 Å². The number of carbonyl (C=O) groups is 3. The number of morpholine rings is 1. The lowest BCUT2D eigenvalue weighted by atomic mass is 10.2.